The van der Waals surface area contributed by atoms with Gasteiger partial charge < -0.3 is 25.3 Å². The predicted molar refractivity (Wildman–Crippen MR) is 141 cm³/mol. The van der Waals surface area contributed by atoms with E-state index in [1.165, 1.54) is 32.1 Å². The minimum absolute atomic E-state index is 0. The van der Waals surface area contributed by atoms with Crippen LogP contribution in [0.1, 0.15) is 55.6 Å². The zero-order valence-electron chi connectivity index (χ0n) is 19.1. The maximum absolute atomic E-state index is 12.2. The van der Waals surface area contributed by atoms with Gasteiger partial charge in [-0.2, -0.15) is 0 Å². The lowest BCUT2D eigenvalue weighted by atomic mass is 10.0. The molecule has 32 heavy (non-hydrogen) atoms. The number of nitrogens with one attached hydrogen (secondary N) is 3. The number of halogens is 1. The molecule has 7 nitrogen and oxygen atoms in total. The quantitative estimate of drug-likeness (QED) is 0.185. The fourth-order valence-electron chi connectivity index (χ4n) is 3.84. The van der Waals surface area contributed by atoms with Gasteiger partial charge in [-0.3, -0.25) is 4.79 Å². The second-order valence-electron chi connectivity index (χ2n) is 7.99. The number of anilines is 1. The molecule has 1 saturated heterocycles. The topological polar surface area (TPSA) is 81.9 Å². The van der Waals surface area contributed by atoms with Gasteiger partial charge in [0.05, 0.1) is 12.8 Å². The van der Waals surface area contributed by atoms with Crippen LogP contribution in [0.5, 0.6) is 0 Å². The van der Waals surface area contributed by atoms with Crippen molar-refractivity contribution in [3.05, 3.63) is 54.0 Å². The molecule has 176 valence electrons. The summed E-state index contributed by atoms with van der Waals surface area (Å²) in [5, 5.41) is 9.61. The van der Waals surface area contributed by atoms with E-state index < -0.39 is 0 Å². The number of furan rings is 1. The van der Waals surface area contributed by atoms with Crippen molar-refractivity contribution in [2.24, 2.45) is 4.99 Å². The Labute approximate surface area is 208 Å². The molecule has 0 aliphatic carbocycles. The number of hydrogen-bond donors (Lipinski definition) is 3. The highest BCUT2D eigenvalue weighted by molar-refractivity contribution is 14.0. The number of nitrogens with zero attached hydrogens (tertiary/aromatic N) is 2. The van der Waals surface area contributed by atoms with Crippen molar-refractivity contribution >= 4 is 41.5 Å². The van der Waals surface area contributed by atoms with Gasteiger partial charge >= 0.3 is 0 Å². The van der Waals surface area contributed by atoms with Gasteiger partial charge in [-0.1, -0.05) is 18.6 Å². The molecule has 1 aromatic carbocycles. The molecule has 0 bridgehead atoms. The van der Waals surface area contributed by atoms with Crippen LogP contribution in [0.25, 0.3) is 0 Å². The Bertz CT molecular complexity index is 841. The minimum Gasteiger partial charge on any atom is -0.459 e. The fourth-order valence-corrected chi connectivity index (χ4v) is 3.84. The molecular formula is C24H36IN5O2. The second kappa shape index (κ2) is 14.2. The van der Waals surface area contributed by atoms with E-state index in [1.807, 2.05) is 24.3 Å². The van der Waals surface area contributed by atoms with Crippen LogP contribution in [0, 0.1) is 0 Å². The van der Waals surface area contributed by atoms with Crippen LogP contribution in [0.4, 0.5) is 5.69 Å². The third kappa shape index (κ3) is 8.46. The summed E-state index contributed by atoms with van der Waals surface area (Å²) in [6.45, 7) is 9.00. The van der Waals surface area contributed by atoms with E-state index in [1.54, 1.807) is 12.1 Å². The van der Waals surface area contributed by atoms with E-state index in [0.29, 0.717) is 18.3 Å². The van der Waals surface area contributed by atoms with Gasteiger partial charge in [0.15, 0.2) is 11.7 Å². The number of hydrogen-bond acceptors (Lipinski definition) is 4. The zero-order valence-corrected chi connectivity index (χ0v) is 21.4. The maximum Gasteiger partial charge on any atom is 0.291 e. The molecule has 1 unspecified atom stereocenters. The fraction of sp³-hybridized carbons (Fsp3) is 0.500. The highest BCUT2D eigenvalue weighted by Gasteiger charge is 2.17. The zero-order chi connectivity index (χ0) is 21.9. The van der Waals surface area contributed by atoms with Crippen LogP contribution in [-0.4, -0.2) is 49.0 Å². The largest absolute Gasteiger partial charge is 0.459 e. The van der Waals surface area contributed by atoms with Crippen LogP contribution in [0.15, 0.2) is 52.1 Å². The molecule has 8 heteroatoms. The summed E-state index contributed by atoms with van der Waals surface area (Å²) in [6, 6.07) is 11.8. The molecule has 0 radical (unpaired) electrons. The number of piperidine rings is 1. The number of rotatable bonds is 9. The molecule has 3 N–H and O–H groups in total. The van der Waals surface area contributed by atoms with Crippen molar-refractivity contribution < 1.29 is 9.21 Å². The monoisotopic (exact) mass is 553 g/mol. The predicted octanol–water partition coefficient (Wildman–Crippen LogP) is 4.47. The van der Waals surface area contributed by atoms with Crippen LogP contribution in [0.2, 0.25) is 0 Å². The first-order valence-electron chi connectivity index (χ1n) is 11.4. The van der Waals surface area contributed by atoms with E-state index in [-0.39, 0.29) is 29.9 Å². The van der Waals surface area contributed by atoms with Crippen molar-refractivity contribution in [3.8, 4) is 0 Å². The van der Waals surface area contributed by atoms with Gasteiger partial charge in [-0.25, -0.2) is 4.99 Å². The first-order chi connectivity index (χ1) is 15.2. The molecule has 2 heterocycles. The van der Waals surface area contributed by atoms with E-state index in [9.17, 15) is 4.79 Å². The van der Waals surface area contributed by atoms with Gasteiger partial charge in [0.25, 0.3) is 5.91 Å². The lowest BCUT2D eigenvalue weighted by Crippen LogP contribution is -2.41. The first kappa shape index (κ1) is 26.2. The molecule has 1 amide bonds. The highest BCUT2D eigenvalue weighted by atomic mass is 127. The van der Waals surface area contributed by atoms with Crippen molar-refractivity contribution in [1.29, 1.82) is 0 Å². The Morgan fingerprint density at radius 3 is 2.84 bits per heavy atom. The van der Waals surface area contributed by atoms with Gasteiger partial charge in [-0.05, 0) is 69.5 Å². The molecule has 1 fully saturated rings. The normalized spacial score (nSPS) is 16.8. The average Bonchev–Trinajstić information content (AvgIpc) is 3.31. The number of benzene rings is 1. The Hall–Kier alpha value is -2.07. The standard InChI is InChI=1S/C24H35N5O2.HI/c1-3-25-24(26-13-8-15-29-14-5-4-9-19(29)2)27-18-20-10-6-11-21(17-20)28-23(30)22-12-7-16-31-22;/h6-7,10-12,16-17,19H,3-5,8-9,13-15,18H2,1-2H3,(H,28,30)(H2,25,26,27);1H. The molecule has 2 aromatic rings. The molecule has 0 spiro atoms. The summed E-state index contributed by atoms with van der Waals surface area (Å²) < 4.78 is 5.14. The van der Waals surface area contributed by atoms with E-state index >= 15 is 0 Å². The number of amides is 1. The molecule has 0 saturated carbocycles. The molecule has 1 aromatic heterocycles. The summed E-state index contributed by atoms with van der Waals surface area (Å²) in [6.07, 6.45) is 6.59. The number of guanidine groups is 1. The Morgan fingerprint density at radius 1 is 1.22 bits per heavy atom. The maximum atomic E-state index is 12.2. The second-order valence-corrected chi connectivity index (χ2v) is 7.99. The molecular weight excluding hydrogens is 517 g/mol. The number of likely N-dealkylation sites (tertiary alicyclic amines) is 1. The highest BCUT2D eigenvalue weighted by Crippen LogP contribution is 2.16. The molecule has 1 atom stereocenters. The third-order valence-electron chi connectivity index (χ3n) is 5.55. The van der Waals surface area contributed by atoms with Crippen molar-refractivity contribution in [2.75, 3.05) is 31.5 Å². The summed E-state index contributed by atoms with van der Waals surface area (Å²) in [4.78, 5) is 19.5. The summed E-state index contributed by atoms with van der Waals surface area (Å²) in [5.41, 5.74) is 1.75. The molecule has 1 aliphatic heterocycles. The van der Waals surface area contributed by atoms with Crippen LogP contribution < -0.4 is 16.0 Å². The van der Waals surface area contributed by atoms with Gasteiger partial charge in [0.1, 0.15) is 0 Å². The SMILES string of the molecule is CCNC(=NCc1cccc(NC(=O)c2ccco2)c1)NCCCN1CCCCC1C.I. The van der Waals surface area contributed by atoms with Gasteiger partial charge in [-0.15, -0.1) is 24.0 Å². The average molecular weight is 553 g/mol. The number of carbonyl (C=O) groups is 1. The number of aliphatic imine (C=N–C) groups is 1. The first-order valence-corrected chi connectivity index (χ1v) is 11.4. The van der Waals surface area contributed by atoms with E-state index in [0.717, 1.165) is 43.3 Å². The van der Waals surface area contributed by atoms with Crippen molar-refractivity contribution in [1.82, 2.24) is 15.5 Å². The van der Waals surface area contributed by atoms with Crippen LogP contribution in [-0.2, 0) is 6.54 Å². The van der Waals surface area contributed by atoms with E-state index in [2.05, 4.69) is 34.7 Å². The van der Waals surface area contributed by atoms with Crippen LogP contribution >= 0.6 is 24.0 Å². The van der Waals surface area contributed by atoms with E-state index in [4.69, 9.17) is 9.41 Å². The Morgan fingerprint density at radius 2 is 2.09 bits per heavy atom. The Balaban J connectivity index is 0.00000363. The smallest absolute Gasteiger partial charge is 0.291 e. The van der Waals surface area contributed by atoms with Gasteiger partial charge in [0, 0.05) is 31.4 Å². The lowest BCUT2D eigenvalue weighted by Gasteiger charge is -2.33. The minimum atomic E-state index is -0.260. The summed E-state index contributed by atoms with van der Waals surface area (Å²) in [7, 11) is 0. The Kier molecular flexibility index (Phi) is 11.6. The lowest BCUT2D eigenvalue weighted by molar-refractivity contribution is 0.0996. The summed E-state index contributed by atoms with van der Waals surface area (Å²) in [5.74, 6) is 0.851. The van der Waals surface area contributed by atoms with Crippen molar-refractivity contribution in [3.63, 3.8) is 0 Å². The third-order valence-corrected chi connectivity index (χ3v) is 5.55. The molecule has 3 rings (SSSR count). The van der Waals surface area contributed by atoms with Crippen LogP contribution in [0.3, 0.4) is 0 Å². The summed E-state index contributed by atoms with van der Waals surface area (Å²) >= 11 is 0. The van der Waals surface area contributed by atoms with Crippen molar-refractivity contribution in [2.45, 2.75) is 52.1 Å². The van der Waals surface area contributed by atoms with Gasteiger partial charge in [0.2, 0.25) is 0 Å². The number of carbonyl (C=O) groups excluding carboxylic acids is 1. The molecule has 1 aliphatic rings.